The predicted octanol–water partition coefficient (Wildman–Crippen LogP) is 1.85. The van der Waals surface area contributed by atoms with Crippen LogP contribution in [0.1, 0.15) is 20.3 Å². The van der Waals surface area contributed by atoms with Crippen molar-refractivity contribution >= 4 is 36.3 Å². The topological polar surface area (TPSA) is 46.5 Å². The van der Waals surface area contributed by atoms with Gasteiger partial charge in [-0.25, -0.2) is 0 Å². The average Bonchev–Trinajstić information content (AvgIpc) is 2.04. The molecular weight excluding hydrogens is 277 g/mol. The number of sulfonamides is 1. The zero-order chi connectivity index (χ0) is 8.65. The molecule has 11 heavy (non-hydrogen) atoms. The molecule has 1 heterocycles. The van der Waals surface area contributed by atoms with E-state index in [9.17, 15) is 8.42 Å². The second kappa shape index (κ2) is 2.85. The van der Waals surface area contributed by atoms with E-state index in [1.54, 1.807) is 6.92 Å². The van der Waals surface area contributed by atoms with Crippen LogP contribution in [0.25, 0.3) is 0 Å². The minimum atomic E-state index is -3.28. The number of allylic oxidation sites excluding steroid dienone is 2. The van der Waals surface area contributed by atoms with Crippen molar-refractivity contribution in [3.05, 3.63) is 10.5 Å². The summed E-state index contributed by atoms with van der Waals surface area (Å²) < 4.78 is 26.4. The molecule has 0 bridgehead atoms. The smallest absolute Gasteiger partial charge is 0.200 e. The van der Waals surface area contributed by atoms with Gasteiger partial charge in [0, 0.05) is 5.57 Å². The van der Waals surface area contributed by atoms with Gasteiger partial charge in [-0.2, -0.15) is 12.8 Å². The average molecular weight is 285 g/mol. The fourth-order valence-electron chi connectivity index (χ4n) is 0.925. The summed E-state index contributed by atoms with van der Waals surface area (Å²) in [6.07, 6.45) is 0.729. The van der Waals surface area contributed by atoms with Crippen molar-refractivity contribution in [2.24, 2.45) is 4.40 Å². The summed E-state index contributed by atoms with van der Waals surface area (Å²) in [7, 11) is -3.28. The fraction of sp³-hybridized carbons (Fsp3) is 0.500. The van der Waals surface area contributed by atoms with Crippen LogP contribution in [0.2, 0.25) is 0 Å². The molecule has 0 atom stereocenters. The molecular formula is C6H8INO2S. The maximum Gasteiger partial charge on any atom is 0.279 e. The molecule has 0 fully saturated rings. The summed E-state index contributed by atoms with van der Waals surface area (Å²) in [5.41, 5.74) is 0.852. The van der Waals surface area contributed by atoms with Crippen molar-refractivity contribution in [3.63, 3.8) is 0 Å². The highest BCUT2D eigenvalue weighted by atomic mass is 127. The Morgan fingerprint density at radius 2 is 2.09 bits per heavy atom. The Labute approximate surface area is 79.8 Å². The lowest BCUT2D eigenvalue weighted by Gasteiger charge is -1.94. The first-order valence-corrected chi connectivity index (χ1v) is 5.71. The van der Waals surface area contributed by atoms with Gasteiger partial charge in [0.25, 0.3) is 10.0 Å². The summed E-state index contributed by atoms with van der Waals surface area (Å²) in [6.45, 7) is 3.52. The lowest BCUT2D eigenvalue weighted by atomic mass is 10.2. The number of hydrogen-bond acceptors (Lipinski definition) is 2. The lowest BCUT2D eigenvalue weighted by molar-refractivity contribution is 0.604. The van der Waals surface area contributed by atoms with Gasteiger partial charge in [-0.15, -0.1) is 0 Å². The van der Waals surface area contributed by atoms with E-state index in [0.29, 0.717) is 8.62 Å². The molecule has 0 amide bonds. The van der Waals surface area contributed by atoms with Crippen LogP contribution in [0.15, 0.2) is 14.9 Å². The van der Waals surface area contributed by atoms with Gasteiger partial charge in [-0.1, -0.05) is 6.92 Å². The quantitative estimate of drug-likeness (QED) is 0.690. The molecule has 0 aromatic heterocycles. The number of nitrogens with zero attached hydrogens (tertiary/aromatic N) is 1. The van der Waals surface area contributed by atoms with E-state index in [1.165, 1.54) is 0 Å². The van der Waals surface area contributed by atoms with E-state index in [4.69, 9.17) is 0 Å². The summed E-state index contributed by atoms with van der Waals surface area (Å²) >= 11 is 1.95. The highest BCUT2D eigenvalue weighted by Gasteiger charge is 2.25. The molecule has 0 N–H and O–H groups in total. The van der Waals surface area contributed by atoms with Crippen molar-refractivity contribution in [3.8, 4) is 0 Å². The number of halogens is 1. The van der Waals surface area contributed by atoms with Crippen LogP contribution < -0.4 is 0 Å². The van der Waals surface area contributed by atoms with E-state index >= 15 is 0 Å². The second-order valence-electron chi connectivity index (χ2n) is 2.25. The molecule has 62 valence electrons. The zero-order valence-corrected chi connectivity index (χ0v) is 9.23. The number of hydrogen-bond donors (Lipinski definition) is 0. The molecule has 0 unspecified atom stereocenters. The maximum absolute atomic E-state index is 11.1. The second-order valence-corrected chi connectivity index (χ2v) is 5.01. The third-order valence-electron chi connectivity index (χ3n) is 1.61. The first kappa shape index (κ1) is 9.18. The highest BCUT2D eigenvalue weighted by molar-refractivity contribution is 14.1. The van der Waals surface area contributed by atoms with Gasteiger partial charge >= 0.3 is 0 Å². The van der Waals surface area contributed by atoms with E-state index in [0.717, 1.165) is 12.0 Å². The zero-order valence-electron chi connectivity index (χ0n) is 6.26. The summed E-state index contributed by atoms with van der Waals surface area (Å²) in [4.78, 5) is 0.407. The Morgan fingerprint density at radius 1 is 1.55 bits per heavy atom. The van der Waals surface area contributed by atoms with Crippen molar-refractivity contribution < 1.29 is 8.42 Å². The van der Waals surface area contributed by atoms with Gasteiger partial charge in [0.1, 0.15) is 3.72 Å². The van der Waals surface area contributed by atoms with E-state index in [1.807, 2.05) is 29.5 Å². The highest BCUT2D eigenvalue weighted by Crippen LogP contribution is 2.27. The molecule has 0 spiro atoms. The third kappa shape index (κ3) is 1.48. The van der Waals surface area contributed by atoms with Gasteiger partial charge in [-0.05, 0) is 35.9 Å². The first-order valence-electron chi connectivity index (χ1n) is 3.19. The Bertz CT molecular complexity index is 340. The lowest BCUT2D eigenvalue weighted by Crippen LogP contribution is -1.92. The van der Waals surface area contributed by atoms with Crippen LogP contribution in [0.5, 0.6) is 0 Å². The predicted molar refractivity (Wildman–Crippen MR) is 53.4 cm³/mol. The Balaban J connectivity index is 3.32. The molecule has 1 rings (SSSR count). The minimum Gasteiger partial charge on any atom is -0.200 e. The molecule has 0 radical (unpaired) electrons. The van der Waals surface area contributed by atoms with E-state index in [2.05, 4.69) is 4.40 Å². The van der Waals surface area contributed by atoms with Crippen molar-refractivity contribution in [2.75, 3.05) is 0 Å². The third-order valence-corrected chi connectivity index (χ3v) is 4.28. The SMILES string of the molecule is CCC1=C(C)S(=O)(=O)N=C1I. The molecule has 0 aliphatic carbocycles. The van der Waals surface area contributed by atoms with Gasteiger partial charge < -0.3 is 0 Å². The van der Waals surface area contributed by atoms with Crippen LogP contribution in [0.3, 0.4) is 0 Å². The maximum atomic E-state index is 11.1. The fourth-order valence-corrected chi connectivity index (χ4v) is 3.68. The molecule has 0 aromatic carbocycles. The molecule has 1 aliphatic rings. The monoisotopic (exact) mass is 285 g/mol. The van der Waals surface area contributed by atoms with Crippen molar-refractivity contribution in [1.82, 2.24) is 0 Å². The Kier molecular flexibility index (Phi) is 2.38. The first-order chi connectivity index (χ1) is 4.99. The van der Waals surface area contributed by atoms with E-state index in [-0.39, 0.29) is 0 Å². The number of rotatable bonds is 1. The van der Waals surface area contributed by atoms with Crippen LogP contribution in [0, 0.1) is 0 Å². The summed E-state index contributed by atoms with van der Waals surface area (Å²) in [5.74, 6) is 0. The molecule has 1 aliphatic heterocycles. The van der Waals surface area contributed by atoms with Crippen molar-refractivity contribution in [1.29, 1.82) is 0 Å². The van der Waals surface area contributed by atoms with Gasteiger partial charge in [0.2, 0.25) is 0 Å². The normalized spacial score (nSPS) is 22.3. The standard InChI is InChI=1S/C6H8INO2S/c1-3-5-4(2)11(9,10)8-6(5)7/h3H2,1-2H3. The van der Waals surface area contributed by atoms with Crippen molar-refractivity contribution in [2.45, 2.75) is 20.3 Å². The molecule has 5 heteroatoms. The van der Waals surface area contributed by atoms with Gasteiger partial charge in [0.05, 0.1) is 4.91 Å². The summed E-state index contributed by atoms with van der Waals surface area (Å²) in [5, 5.41) is 0. The Hall–Kier alpha value is 0.0900. The molecule has 0 saturated heterocycles. The van der Waals surface area contributed by atoms with Gasteiger partial charge in [0.15, 0.2) is 0 Å². The van der Waals surface area contributed by atoms with Crippen LogP contribution in [0.4, 0.5) is 0 Å². The van der Waals surface area contributed by atoms with Crippen LogP contribution in [-0.2, 0) is 10.0 Å². The molecule has 0 aromatic rings. The van der Waals surface area contributed by atoms with Crippen LogP contribution >= 0.6 is 22.6 Å². The minimum absolute atomic E-state index is 0.407. The molecule has 0 saturated carbocycles. The molecule has 3 nitrogen and oxygen atoms in total. The van der Waals surface area contributed by atoms with Gasteiger partial charge in [-0.3, -0.25) is 0 Å². The largest absolute Gasteiger partial charge is 0.279 e. The Morgan fingerprint density at radius 3 is 2.27 bits per heavy atom. The summed E-state index contributed by atoms with van der Waals surface area (Å²) in [6, 6.07) is 0. The van der Waals surface area contributed by atoms with E-state index < -0.39 is 10.0 Å². The van der Waals surface area contributed by atoms with Crippen LogP contribution in [-0.4, -0.2) is 12.1 Å².